The van der Waals surface area contributed by atoms with Gasteiger partial charge in [0, 0.05) is 18.5 Å². The summed E-state index contributed by atoms with van der Waals surface area (Å²) in [5, 5.41) is 17.3. The molecule has 1 aliphatic rings. The summed E-state index contributed by atoms with van der Waals surface area (Å²) in [6.07, 6.45) is 2.07. The van der Waals surface area contributed by atoms with Crippen LogP contribution >= 0.6 is 0 Å². The highest BCUT2D eigenvalue weighted by Crippen LogP contribution is 2.31. The van der Waals surface area contributed by atoms with Crippen molar-refractivity contribution < 1.29 is 9.50 Å². The van der Waals surface area contributed by atoms with E-state index in [9.17, 15) is 4.39 Å². The molecule has 0 unspecified atom stereocenters. The lowest BCUT2D eigenvalue weighted by atomic mass is 9.98. The highest BCUT2D eigenvalue weighted by molar-refractivity contribution is 5.67. The van der Waals surface area contributed by atoms with Gasteiger partial charge in [-0.1, -0.05) is 35.5 Å². The molecule has 5 heteroatoms. The monoisotopic (exact) mass is 273 g/mol. The van der Waals surface area contributed by atoms with Crippen molar-refractivity contribution in [3.8, 4) is 0 Å². The topological polar surface area (TPSA) is 50.9 Å². The molecule has 0 radical (unpaired) electrons. The number of benzene rings is 1. The van der Waals surface area contributed by atoms with Crippen molar-refractivity contribution in [2.24, 2.45) is 0 Å². The fourth-order valence-corrected chi connectivity index (χ4v) is 2.63. The first-order chi connectivity index (χ1) is 9.79. The van der Waals surface area contributed by atoms with Crippen molar-refractivity contribution in [2.75, 3.05) is 6.61 Å². The zero-order chi connectivity index (χ0) is 13.9. The number of hydrogen-bond acceptors (Lipinski definition) is 3. The fourth-order valence-electron chi connectivity index (χ4n) is 2.63. The van der Waals surface area contributed by atoms with Gasteiger partial charge in [-0.25, -0.2) is 9.07 Å². The second-order valence-corrected chi connectivity index (χ2v) is 4.92. The standard InChI is InChI=1S/C15H16FN3O/c16-13(10-20)12-7-4-8-19-15(12)14(17-18-19)9-11-5-2-1-3-6-11/h1-3,5-6,20H,4,7-10H2/b13-12-. The van der Waals surface area contributed by atoms with Gasteiger partial charge < -0.3 is 5.11 Å². The zero-order valence-corrected chi connectivity index (χ0v) is 11.1. The molecule has 1 aliphatic heterocycles. The average molecular weight is 273 g/mol. The SMILES string of the molecule is OC/C(F)=C1\CCCn2nnc(Cc3ccccc3)c21. The van der Waals surface area contributed by atoms with Gasteiger partial charge in [0.1, 0.15) is 5.83 Å². The first kappa shape index (κ1) is 13.0. The van der Waals surface area contributed by atoms with Crippen LogP contribution in [0.2, 0.25) is 0 Å². The summed E-state index contributed by atoms with van der Waals surface area (Å²) in [4.78, 5) is 0. The Bertz CT molecular complexity index is 634. The molecule has 0 saturated heterocycles. The van der Waals surface area contributed by atoms with Gasteiger partial charge in [0.05, 0.1) is 18.0 Å². The van der Waals surface area contributed by atoms with Crippen LogP contribution in [0.15, 0.2) is 36.2 Å². The lowest BCUT2D eigenvalue weighted by molar-refractivity contribution is 0.298. The number of halogens is 1. The Labute approximate surface area is 116 Å². The van der Waals surface area contributed by atoms with Crippen LogP contribution in [0.25, 0.3) is 5.57 Å². The molecule has 4 nitrogen and oxygen atoms in total. The molecule has 0 bridgehead atoms. The second-order valence-electron chi connectivity index (χ2n) is 4.92. The molecule has 0 saturated carbocycles. The molecule has 20 heavy (non-hydrogen) atoms. The smallest absolute Gasteiger partial charge is 0.131 e. The summed E-state index contributed by atoms with van der Waals surface area (Å²) in [5.41, 5.74) is 3.18. The van der Waals surface area contributed by atoms with Crippen molar-refractivity contribution in [3.63, 3.8) is 0 Å². The van der Waals surface area contributed by atoms with E-state index >= 15 is 0 Å². The van der Waals surface area contributed by atoms with Crippen LogP contribution in [0.3, 0.4) is 0 Å². The number of hydrogen-bond donors (Lipinski definition) is 1. The minimum Gasteiger partial charge on any atom is -0.389 e. The van der Waals surface area contributed by atoms with Crippen molar-refractivity contribution in [1.29, 1.82) is 0 Å². The molecular formula is C15H16FN3O. The zero-order valence-electron chi connectivity index (χ0n) is 11.1. The van der Waals surface area contributed by atoms with E-state index in [2.05, 4.69) is 10.3 Å². The lowest BCUT2D eigenvalue weighted by Crippen LogP contribution is -2.13. The number of aryl methyl sites for hydroxylation is 1. The van der Waals surface area contributed by atoms with Crippen molar-refractivity contribution in [3.05, 3.63) is 53.1 Å². The number of aliphatic hydroxyl groups is 1. The van der Waals surface area contributed by atoms with Crippen LogP contribution in [0.4, 0.5) is 4.39 Å². The van der Waals surface area contributed by atoms with E-state index in [1.54, 1.807) is 4.68 Å². The van der Waals surface area contributed by atoms with Gasteiger partial charge in [-0.3, -0.25) is 0 Å². The average Bonchev–Trinajstić information content (AvgIpc) is 2.91. The first-order valence-electron chi connectivity index (χ1n) is 6.74. The largest absolute Gasteiger partial charge is 0.389 e. The summed E-state index contributed by atoms with van der Waals surface area (Å²) < 4.78 is 15.6. The highest BCUT2D eigenvalue weighted by atomic mass is 19.1. The van der Waals surface area contributed by atoms with Gasteiger partial charge in [0.25, 0.3) is 0 Å². The number of aromatic nitrogens is 3. The molecule has 2 heterocycles. The third-order valence-corrected chi connectivity index (χ3v) is 3.57. The summed E-state index contributed by atoms with van der Waals surface area (Å²) in [6.45, 7) is 0.185. The van der Waals surface area contributed by atoms with E-state index in [0.29, 0.717) is 18.4 Å². The number of aliphatic hydroxyl groups excluding tert-OH is 1. The van der Waals surface area contributed by atoms with Gasteiger partial charge >= 0.3 is 0 Å². The van der Waals surface area contributed by atoms with Crippen LogP contribution in [-0.4, -0.2) is 26.7 Å². The van der Waals surface area contributed by atoms with Crippen molar-refractivity contribution >= 4 is 5.57 Å². The Kier molecular flexibility index (Phi) is 3.60. The molecule has 1 aromatic carbocycles. The molecule has 0 spiro atoms. The summed E-state index contributed by atoms with van der Waals surface area (Å²) in [6, 6.07) is 9.93. The number of rotatable bonds is 3. The van der Waals surface area contributed by atoms with Crippen molar-refractivity contribution in [1.82, 2.24) is 15.0 Å². The van der Waals surface area contributed by atoms with Gasteiger partial charge in [-0.05, 0) is 18.4 Å². The molecule has 2 aromatic rings. The van der Waals surface area contributed by atoms with E-state index in [4.69, 9.17) is 5.11 Å². The van der Waals surface area contributed by atoms with E-state index in [-0.39, 0.29) is 0 Å². The van der Waals surface area contributed by atoms with Crippen LogP contribution in [-0.2, 0) is 13.0 Å². The Hall–Kier alpha value is -2.01. The third-order valence-electron chi connectivity index (χ3n) is 3.57. The molecule has 0 atom stereocenters. The Morgan fingerprint density at radius 3 is 2.85 bits per heavy atom. The van der Waals surface area contributed by atoms with Crippen LogP contribution < -0.4 is 0 Å². The molecule has 0 aliphatic carbocycles. The highest BCUT2D eigenvalue weighted by Gasteiger charge is 2.23. The number of fused-ring (bicyclic) bond motifs is 1. The second kappa shape index (κ2) is 5.54. The third kappa shape index (κ3) is 2.36. The van der Waals surface area contributed by atoms with Gasteiger partial charge in [0.2, 0.25) is 0 Å². The fraction of sp³-hybridized carbons (Fsp3) is 0.333. The summed E-state index contributed by atoms with van der Waals surface area (Å²) in [7, 11) is 0. The predicted molar refractivity (Wildman–Crippen MR) is 73.6 cm³/mol. The molecule has 104 valence electrons. The minimum absolute atomic E-state index is 0.470. The van der Waals surface area contributed by atoms with E-state index in [1.165, 1.54) is 0 Å². The van der Waals surface area contributed by atoms with E-state index in [1.807, 2.05) is 30.3 Å². The van der Waals surface area contributed by atoms with E-state index < -0.39 is 12.4 Å². The maximum atomic E-state index is 13.9. The molecular weight excluding hydrogens is 257 g/mol. The summed E-state index contributed by atoms with van der Waals surface area (Å²) in [5.74, 6) is -0.470. The molecule has 0 amide bonds. The van der Waals surface area contributed by atoms with Crippen molar-refractivity contribution in [2.45, 2.75) is 25.8 Å². The quantitative estimate of drug-likeness (QED) is 0.933. The minimum atomic E-state index is -0.564. The van der Waals surface area contributed by atoms with Gasteiger partial charge in [-0.15, -0.1) is 5.10 Å². The maximum Gasteiger partial charge on any atom is 0.131 e. The number of nitrogens with zero attached hydrogens (tertiary/aromatic N) is 3. The molecule has 0 fully saturated rings. The molecule has 1 aromatic heterocycles. The van der Waals surface area contributed by atoms with Crippen LogP contribution in [0.5, 0.6) is 0 Å². The Morgan fingerprint density at radius 1 is 1.30 bits per heavy atom. The van der Waals surface area contributed by atoms with Crippen LogP contribution in [0, 0.1) is 0 Å². The predicted octanol–water partition coefficient (Wildman–Crippen LogP) is 2.34. The molecule has 1 N–H and O–H groups in total. The van der Waals surface area contributed by atoms with E-state index in [0.717, 1.165) is 29.9 Å². The molecule has 3 rings (SSSR count). The first-order valence-corrected chi connectivity index (χ1v) is 6.74. The Balaban J connectivity index is 2.01. The normalized spacial score (nSPS) is 16.9. The van der Waals surface area contributed by atoms with Gasteiger partial charge in [-0.2, -0.15) is 0 Å². The Morgan fingerprint density at radius 2 is 2.10 bits per heavy atom. The lowest BCUT2D eigenvalue weighted by Gasteiger charge is -2.17. The van der Waals surface area contributed by atoms with Crippen LogP contribution in [0.1, 0.15) is 29.8 Å². The maximum absolute atomic E-state index is 13.9. The summed E-state index contributed by atoms with van der Waals surface area (Å²) >= 11 is 0. The van der Waals surface area contributed by atoms with Gasteiger partial charge in [0.15, 0.2) is 0 Å². The number of allylic oxidation sites excluding steroid dienone is 1.